The molecule has 2 aromatic carbocycles. The molecule has 0 unspecified atom stereocenters. The summed E-state index contributed by atoms with van der Waals surface area (Å²) >= 11 is 0. The third-order valence-electron chi connectivity index (χ3n) is 2.86. The topological polar surface area (TPSA) is 124 Å². The van der Waals surface area contributed by atoms with Crippen LogP contribution in [0.5, 0.6) is 23.0 Å². The number of hydrogen-bond acceptors (Lipinski definition) is 7. The number of hydrogen-bond donors (Lipinski definition) is 4. The lowest BCUT2D eigenvalue weighted by molar-refractivity contribution is 0.0395. The third-order valence-corrected chi connectivity index (χ3v) is 2.86. The van der Waals surface area contributed by atoms with Crippen molar-refractivity contribution in [3.8, 4) is 23.0 Å². The molecular formula is C15H12O7. The molecule has 2 aromatic rings. The molecule has 0 radical (unpaired) electrons. The van der Waals surface area contributed by atoms with Gasteiger partial charge in [0.1, 0.15) is 11.3 Å². The number of carbonyl (C=O) groups is 2. The van der Waals surface area contributed by atoms with Crippen LogP contribution in [0.1, 0.15) is 26.3 Å². The van der Waals surface area contributed by atoms with Crippen LogP contribution in [0.15, 0.2) is 30.3 Å². The quantitative estimate of drug-likeness (QED) is 0.379. The summed E-state index contributed by atoms with van der Waals surface area (Å²) in [7, 11) is 0. The molecule has 0 fully saturated rings. The molecule has 114 valence electrons. The van der Waals surface area contributed by atoms with Crippen LogP contribution in [0, 0.1) is 6.92 Å². The Hall–Kier alpha value is -3.22. The molecule has 0 aromatic heterocycles. The first-order valence-electron chi connectivity index (χ1n) is 6.10. The Balaban J connectivity index is 2.25. The van der Waals surface area contributed by atoms with E-state index in [0.29, 0.717) is 5.56 Å². The van der Waals surface area contributed by atoms with Crippen molar-refractivity contribution in [2.75, 3.05) is 0 Å². The van der Waals surface area contributed by atoms with Gasteiger partial charge in [0.05, 0.1) is 5.56 Å². The zero-order chi connectivity index (χ0) is 16.4. The monoisotopic (exact) mass is 304 g/mol. The Kier molecular flexibility index (Phi) is 3.89. The highest BCUT2D eigenvalue weighted by atomic mass is 16.6. The minimum atomic E-state index is -1.16. The molecule has 0 heterocycles. The zero-order valence-corrected chi connectivity index (χ0v) is 11.4. The second kappa shape index (κ2) is 5.65. The predicted octanol–water partition coefficient (Wildman–Crippen LogP) is 1.81. The third kappa shape index (κ3) is 2.93. The van der Waals surface area contributed by atoms with Crippen molar-refractivity contribution in [1.29, 1.82) is 0 Å². The molecule has 0 aliphatic heterocycles. The number of esters is 2. The standard InChI is InChI=1S/C15H12O7/c1-7-2-3-10(16)9(4-7)15(21)22-14(20)8-5-11(17)13(19)12(18)6-8/h2-6,16-19H,1H3. The van der Waals surface area contributed by atoms with E-state index in [9.17, 15) is 30.0 Å². The van der Waals surface area contributed by atoms with Gasteiger partial charge in [-0.1, -0.05) is 11.6 Å². The van der Waals surface area contributed by atoms with Crippen molar-refractivity contribution in [2.45, 2.75) is 6.92 Å². The number of ether oxygens (including phenoxy) is 1. The maximum Gasteiger partial charge on any atom is 0.349 e. The second-order valence-corrected chi connectivity index (χ2v) is 4.56. The molecule has 4 N–H and O–H groups in total. The normalized spacial score (nSPS) is 10.2. The number of rotatable bonds is 2. The van der Waals surface area contributed by atoms with E-state index in [1.165, 1.54) is 12.1 Å². The van der Waals surface area contributed by atoms with Gasteiger partial charge in [0.15, 0.2) is 17.2 Å². The van der Waals surface area contributed by atoms with Crippen LogP contribution in [0.3, 0.4) is 0 Å². The molecule has 0 amide bonds. The van der Waals surface area contributed by atoms with Gasteiger partial charge in [0.2, 0.25) is 0 Å². The van der Waals surface area contributed by atoms with Gasteiger partial charge in [0.25, 0.3) is 0 Å². The van der Waals surface area contributed by atoms with Crippen molar-refractivity contribution in [3.63, 3.8) is 0 Å². The highest BCUT2D eigenvalue weighted by molar-refractivity contribution is 6.04. The Bertz CT molecular complexity index is 741. The average molecular weight is 304 g/mol. The molecule has 22 heavy (non-hydrogen) atoms. The number of aromatic hydroxyl groups is 4. The summed E-state index contributed by atoms with van der Waals surface area (Å²) in [5, 5.41) is 37.4. The molecule has 0 bridgehead atoms. The minimum Gasteiger partial charge on any atom is -0.507 e. The summed E-state index contributed by atoms with van der Waals surface area (Å²) in [4.78, 5) is 23.7. The van der Waals surface area contributed by atoms with Gasteiger partial charge < -0.3 is 25.2 Å². The van der Waals surface area contributed by atoms with E-state index in [0.717, 1.165) is 12.1 Å². The number of carbonyl (C=O) groups excluding carboxylic acids is 2. The fourth-order valence-electron chi connectivity index (χ4n) is 1.73. The van der Waals surface area contributed by atoms with Crippen LogP contribution in [-0.4, -0.2) is 32.4 Å². The smallest absolute Gasteiger partial charge is 0.349 e. The van der Waals surface area contributed by atoms with E-state index in [4.69, 9.17) is 0 Å². The molecule has 7 nitrogen and oxygen atoms in total. The van der Waals surface area contributed by atoms with E-state index in [1.807, 2.05) is 0 Å². The SMILES string of the molecule is Cc1ccc(O)c(C(=O)OC(=O)c2cc(O)c(O)c(O)c2)c1. The maximum atomic E-state index is 11.9. The van der Waals surface area contributed by atoms with Crippen LogP contribution in [0.25, 0.3) is 0 Å². The lowest BCUT2D eigenvalue weighted by Crippen LogP contribution is -2.13. The Morgan fingerprint density at radius 1 is 0.864 bits per heavy atom. The predicted molar refractivity (Wildman–Crippen MR) is 74.0 cm³/mol. The molecule has 7 heteroatoms. The number of benzene rings is 2. The van der Waals surface area contributed by atoms with E-state index in [-0.39, 0.29) is 16.9 Å². The number of phenols is 4. The summed E-state index contributed by atoms with van der Waals surface area (Å²) in [6.07, 6.45) is 0. The molecule has 2 rings (SSSR count). The minimum absolute atomic E-state index is 0.194. The second-order valence-electron chi connectivity index (χ2n) is 4.56. The Morgan fingerprint density at radius 2 is 1.45 bits per heavy atom. The largest absolute Gasteiger partial charge is 0.507 e. The highest BCUT2D eigenvalue weighted by Crippen LogP contribution is 2.35. The first kappa shape index (κ1) is 15.2. The highest BCUT2D eigenvalue weighted by Gasteiger charge is 2.20. The zero-order valence-electron chi connectivity index (χ0n) is 11.4. The maximum absolute atomic E-state index is 11.9. The molecule has 0 aliphatic carbocycles. The van der Waals surface area contributed by atoms with Crippen molar-refractivity contribution < 1.29 is 34.8 Å². The molecule has 0 saturated heterocycles. The van der Waals surface area contributed by atoms with Gasteiger partial charge in [-0.25, -0.2) is 9.59 Å². The van der Waals surface area contributed by atoms with Gasteiger partial charge in [-0.05, 0) is 31.2 Å². The lowest BCUT2D eigenvalue weighted by Gasteiger charge is -2.07. The van der Waals surface area contributed by atoms with Gasteiger partial charge in [-0.2, -0.15) is 0 Å². The molecular weight excluding hydrogens is 292 g/mol. The van der Waals surface area contributed by atoms with E-state index in [1.54, 1.807) is 13.0 Å². The van der Waals surface area contributed by atoms with Crippen molar-refractivity contribution in [3.05, 3.63) is 47.0 Å². The average Bonchev–Trinajstić information content (AvgIpc) is 2.46. The van der Waals surface area contributed by atoms with E-state index < -0.39 is 29.2 Å². The van der Waals surface area contributed by atoms with Gasteiger partial charge >= 0.3 is 11.9 Å². The fraction of sp³-hybridized carbons (Fsp3) is 0.0667. The fourth-order valence-corrected chi connectivity index (χ4v) is 1.73. The molecule has 0 aliphatic rings. The van der Waals surface area contributed by atoms with Gasteiger partial charge in [-0.3, -0.25) is 0 Å². The van der Waals surface area contributed by atoms with E-state index >= 15 is 0 Å². The van der Waals surface area contributed by atoms with E-state index in [2.05, 4.69) is 4.74 Å². The summed E-state index contributed by atoms with van der Waals surface area (Å²) < 4.78 is 4.57. The molecule has 0 saturated carbocycles. The molecule has 0 atom stereocenters. The van der Waals surface area contributed by atoms with Gasteiger partial charge in [-0.15, -0.1) is 0 Å². The van der Waals surface area contributed by atoms with Crippen molar-refractivity contribution in [2.24, 2.45) is 0 Å². The number of aryl methyl sites for hydroxylation is 1. The summed E-state index contributed by atoms with van der Waals surface area (Å²) in [6.45, 7) is 1.69. The summed E-state index contributed by atoms with van der Waals surface area (Å²) in [6, 6.07) is 5.87. The van der Waals surface area contributed by atoms with Crippen LogP contribution in [0.4, 0.5) is 0 Å². The summed E-state index contributed by atoms with van der Waals surface area (Å²) in [5.74, 6) is -4.86. The Morgan fingerprint density at radius 3 is 2.05 bits per heavy atom. The first-order valence-corrected chi connectivity index (χ1v) is 6.10. The lowest BCUT2D eigenvalue weighted by atomic mass is 10.1. The van der Waals surface area contributed by atoms with Crippen molar-refractivity contribution >= 4 is 11.9 Å². The summed E-state index contributed by atoms with van der Waals surface area (Å²) in [5.41, 5.74) is 0.144. The van der Waals surface area contributed by atoms with Crippen LogP contribution >= 0.6 is 0 Å². The number of phenolic OH excluding ortho intramolecular Hbond substituents is 4. The van der Waals surface area contributed by atoms with Crippen molar-refractivity contribution in [1.82, 2.24) is 0 Å². The van der Waals surface area contributed by atoms with Crippen LogP contribution < -0.4 is 0 Å². The van der Waals surface area contributed by atoms with Gasteiger partial charge in [0, 0.05) is 0 Å². The molecule has 0 spiro atoms. The Labute approximate surface area is 124 Å². The van der Waals surface area contributed by atoms with Crippen LogP contribution in [0.2, 0.25) is 0 Å². The van der Waals surface area contributed by atoms with Crippen LogP contribution in [-0.2, 0) is 4.74 Å². The first-order chi connectivity index (χ1) is 10.3.